The van der Waals surface area contributed by atoms with Crippen LogP contribution in [0.2, 0.25) is 0 Å². The second-order valence-corrected chi connectivity index (χ2v) is 7.52. The minimum atomic E-state index is -0.378. The third-order valence-corrected chi connectivity index (χ3v) is 5.57. The lowest BCUT2D eigenvalue weighted by Gasteiger charge is -2.37. The number of nitrogens with one attached hydrogen (secondary N) is 1. The van der Waals surface area contributed by atoms with Gasteiger partial charge in [0.1, 0.15) is 11.4 Å². The first-order chi connectivity index (χ1) is 15.7. The normalized spacial score (nSPS) is 13.5. The molecule has 2 aromatic carbocycles. The molecule has 1 aliphatic heterocycles. The van der Waals surface area contributed by atoms with Crippen molar-refractivity contribution in [2.75, 3.05) is 44.7 Å². The predicted octanol–water partition coefficient (Wildman–Crippen LogP) is 2.84. The van der Waals surface area contributed by atoms with E-state index in [1.54, 1.807) is 17.0 Å². The molecule has 7 nitrogen and oxygen atoms in total. The summed E-state index contributed by atoms with van der Waals surface area (Å²) < 4.78 is 5.04. The summed E-state index contributed by atoms with van der Waals surface area (Å²) in [6.45, 7) is 2.65. The molecular formula is C25H26N4O3. The largest absolute Gasteiger partial charge is 0.495 e. The summed E-state index contributed by atoms with van der Waals surface area (Å²) in [6, 6.07) is 21.9. The van der Waals surface area contributed by atoms with E-state index in [1.807, 2.05) is 30.3 Å². The number of piperazine rings is 1. The number of rotatable bonds is 6. The summed E-state index contributed by atoms with van der Waals surface area (Å²) in [4.78, 5) is 33.0. The van der Waals surface area contributed by atoms with Crippen molar-refractivity contribution in [3.05, 3.63) is 78.6 Å². The number of amides is 2. The molecule has 4 rings (SSSR count). The fourth-order valence-electron chi connectivity index (χ4n) is 3.80. The van der Waals surface area contributed by atoms with Crippen molar-refractivity contribution in [1.82, 2.24) is 15.2 Å². The van der Waals surface area contributed by atoms with E-state index in [-0.39, 0.29) is 24.1 Å². The first-order valence-corrected chi connectivity index (χ1v) is 10.6. The molecule has 1 aliphatic rings. The minimum absolute atomic E-state index is 0.0485. The van der Waals surface area contributed by atoms with E-state index in [4.69, 9.17) is 4.74 Å². The summed E-state index contributed by atoms with van der Waals surface area (Å²) in [5.41, 5.74) is 3.79. The third-order valence-electron chi connectivity index (χ3n) is 5.57. The van der Waals surface area contributed by atoms with E-state index in [9.17, 15) is 9.59 Å². The second-order valence-electron chi connectivity index (χ2n) is 7.52. The number of aromatic nitrogens is 1. The maximum Gasteiger partial charge on any atom is 0.270 e. The summed E-state index contributed by atoms with van der Waals surface area (Å²) in [6.07, 6.45) is 1.48. The summed E-state index contributed by atoms with van der Waals surface area (Å²) >= 11 is 0. The van der Waals surface area contributed by atoms with E-state index in [2.05, 4.69) is 39.5 Å². The molecule has 1 fully saturated rings. The Balaban J connectivity index is 1.32. The summed E-state index contributed by atoms with van der Waals surface area (Å²) in [5, 5.41) is 2.66. The average molecular weight is 431 g/mol. The van der Waals surface area contributed by atoms with E-state index >= 15 is 0 Å². The van der Waals surface area contributed by atoms with Crippen molar-refractivity contribution in [1.29, 1.82) is 0 Å². The number of benzene rings is 2. The van der Waals surface area contributed by atoms with Crippen molar-refractivity contribution in [3.63, 3.8) is 0 Å². The highest BCUT2D eigenvalue weighted by Crippen LogP contribution is 2.31. The van der Waals surface area contributed by atoms with Gasteiger partial charge in [-0.1, -0.05) is 48.5 Å². The zero-order chi connectivity index (χ0) is 22.3. The Morgan fingerprint density at radius 1 is 0.938 bits per heavy atom. The van der Waals surface area contributed by atoms with Gasteiger partial charge in [-0.2, -0.15) is 0 Å². The number of pyridine rings is 1. The van der Waals surface area contributed by atoms with Crippen LogP contribution in [0.25, 0.3) is 11.1 Å². The predicted molar refractivity (Wildman–Crippen MR) is 124 cm³/mol. The van der Waals surface area contributed by atoms with Crippen LogP contribution in [0.5, 0.6) is 5.75 Å². The topological polar surface area (TPSA) is 74.8 Å². The van der Waals surface area contributed by atoms with E-state index in [1.165, 1.54) is 30.1 Å². The molecule has 0 spiro atoms. The Morgan fingerprint density at radius 2 is 1.66 bits per heavy atom. The highest BCUT2D eigenvalue weighted by atomic mass is 16.5. The summed E-state index contributed by atoms with van der Waals surface area (Å²) in [7, 11) is 1.54. The van der Waals surface area contributed by atoms with Gasteiger partial charge in [0.2, 0.25) is 5.91 Å². The third kappa shape index (κ3) is 4.88. The highest BCUT2D eigenvalue weighted by molar-refractivity contribution is 5.95. The molecule has 2 amide bonds. The first-order valence-electron chi connectivity index (χ1n) is 10.6. The molecule has 1 aromatic heterocycles. The van der Waals surface area contributed by atoms with Gasteiger partial charge < -0.3 is 19.9 Å². The number of ether oxygens (including phenoxy) is 1. The number of methoxy groups -OCH3 is 1. The number of para-hydroxylation sites is 1. The van der Waals surface area contributed by atoms with Crippen molar-refractivity contribution in [3.8, 4) is 16.9 Å². The maximum atomic E-state index is 12.6. The van der Waals surface area contributed by atoms with Gasteiger partial charge in [-0.05, 0) is 23.8 Å². The van der Waals surface area contributed by atoms with Crippen molar-refractivity contribution < 1.29 is 14.3 Å². The molecule has 7 heteroatoms. The highest BCUT2D eigenvalue weighted by Gasteiger charge is 2.23. The average Bonchev–Trinajstić information content (AvgIpc) is 2.87. The van der Waals surface area contributed by atoms with Crippen molar-refractivity contribution in [2.45, 2.75) is 0 Å². The van der Waals surface area contributed by atoms with Crippen molar-refractivity contribution >= 4 is 17.5 Å². The lowest BCUT2D eigenvalue weighted by atomic mass is 10.0. The molecule has 0 saturated carbocycles. The van der Waals surface area contributed by atoms with Crippen LogP contribution in [0.4, 0.5) is 5.69 Å². The fraction of sp³-hybridized carbons (Fsp3) is 0.240. The van der Waals surface area contributed by atoms with Gasteiger partial charge in [0.05, 0.1) is 19.9 Å². The molecule has 164 valence electrons. The molecule has 2 heterocycles. The minimum Gasteiger partial charge on any atom is -0.495 e. The molecule has 1 saturated heterocycles. The number of hydrogen-bond acceptors (Lipinski definition) is 5. The number of hydrogen-bond donors (Lipinski definition) is 1. The summed E-state index contributed by atoms with van der Waals surface area (Å²) in [5.74, 6) is 0.101. The Bertz CT molecular complexity index is 1060. The lowest BCUT2D eigenvalue weighted by Crippen LogP contribution is -2.51. The molecular weight excluding hydrogens is 404 g/mol. The van der Waals surface area contributed by atoms with Gasteiger partial charge >= 0.3 is 0 Å². The van der Waals surface area contributed by atoms with E-state index in [0.29, 0.717) is 18.8 Å². The Hall–Kier alpha value is -3.87. The van der Waals surface area contributed by atoms with Gasteiger partial charge in [-0.15, -0.1) is 0 Å². The SMILES string of the molecule is COc1ccc(C(=O)NCC(=O)N2CCN(c3ccccc3-c3ccccc3)CC2)nc1. The molecule has 0 aliphatic carbocycles. The standard InChI is InChI=1S/C25H26N4O3/c1-32-20-11-12-22(26-17-20)25(31)27-18-24(30)29-15-13-28(14-16-29)23-10-6-5-9-21(23)19-7-3-2-4-8-19/h2-12,17H,13-16,18H2,1H3,(H,27,31). The van der Waals surface area contributed by atoms with E-state index in [0.717, 1.165) is 13.1 Å². The number of anilines is 1. The van der Waals surface area contributed by atoms with Crippen LogP contribution >= 0.6 is 0 Å². The molecule has 1 N–H and O–H groups in total. The molecule has 0 radical (unpaired) electrons. The quantitative estimate of drug-likeness (QED) is 0.651. The first kappa shape index (κ1) is 21.4. The number of carbonyl (C=O) groups excluding carboxylic acids is 2. The lowest BCUT2D eigenvalue weighted by molar-refractivity contribution is -0.130. The monoisotopic (exact) mass is 430 g/mol. The van der Waals surface area contributed by atoms with Crippen LogP contribution in [0.15, 0.2) is 72.9 Å². The van der Waals surface area contributed by atoms with Crippen molar-refractivity contribution in [2.24, 2.45) is 0 Å². The van der Waals surface area contributed by atoms with Gasteiger partial charge in [0, 0.05) is 37.4 Å². The van der Waals surface area contributed by atoms with Crippen LogP contribution in [0.3, 0.4) is 0 Å². The Morgan fingerprint density at radius 3 is 2.34 bits per heavy atom. The van der Waals surface area contributed by atoms with Crippen LogP contribution in [0, 0.1) is 0 Å². The van der Waals surface area contributed by atoms with Gasteiger partial charge in [-0.3, -0.25) is 9.59 Å². The van der Waals surface area contributed by atoms with Crippen LogP contribution in [-0.4, -0.2) is 61.5 Å². The Kier molecular flexibility index (Phi) is 6.65. The van der Waals surface area contributed by atoms with Crippen LogP contribution in [0.1, 0.15) is 10.5 Å². The molecule has 32 heavy (non-hydrogen) atoms. The van der Waals surface area contributed by atoms with Crippen LogP contribution < -0.4 is 15.0 Å². The molecule has 0 bridgehead atoms. The second kappa shape index (κ2) is 9.96. The van der Waals surface area contributed by atoms with Gasteiger partial charge in [-0.25, -0.2) is 4.98 Å². The molecule has 3 aromatic rings. The van der Waals surface area contributed by atoms with Gasteiger partial charge in [0.25, 0.3) is 5.91 Å². The number of nitrogens with zero attached hydrogens (tertiary/aromatic N) is 3. The number of carbonyl (C=O) groups is 2. The fourth-order valence-corrected chi connectivity index (χ4v) is 3.80. The zero-order valence-corrected chi connectivity index (χ0v) is 18.0. The van der Waals surface area contributed by atoms with Crippen LogP contribution in [-0.2, 0) is 4.79 Å². The molecule has 0 unspecified atom stereocenters. The van der Waals surface area contributed by atoms with Gasteiger partial charge in [0.15, 0.2) is 0 Å². The zero-order valence-electron chi connectivity index (χ0n) is 18.0. The Labute approximate surface area is 187 Å². The van der Waals surface area contributed by atoms with E-state index < -0.39 is 0 Å². The smallest absolute Gasteiger partial charge is 0.270 e. The maximum absolute atomic E-state index is 12.6. The molecule has 0 atom stereocenters.